The first-order chi connectivity index (χ1) is 6.04. The van der Waals surface area contributed by atoms with Gasteiger partial charge in [-0.15, -0.1) is 0 Å². The van der Waals surface area contributed by atoms with Crippen molar-refractivity contribution in [2.45, 2.75) is 31.8 Å². The second-order valence-corrected chi connectivity index (χ2v) is 3.43. The van der Waals surface area contributed by atoms with E-state index in [4.69, 9.17) is 5.11 Å². The summed E-state index contributed by atoms with van der Waals surface area (Å²) >= 11 is 0. The Balaban J connectivity index is 2.68. The predicted molar refractivity (Wildman–Crippen MR) is 44.7 cm³/mol. The zero-order valence-corrected chi connectivity index (χ0v) is 7.69. The van der Waals surface area contributed by atoms with Crippen molar-refractivity contribution in [3.63, 3.8) is 0 Å². The molecule has 0 bridgehead atoms. The molecule has 0 radical (unpaired) electrons. The van der Waals surface area contributed by atoms with Gasteiger partial charge in [0.2, 0.25) is 0 Å². The van der Waals surface area contributed by atoms with Gasteiger partial charge in [0.05, 0.1) is 0 Å². The van der Waals surface area contributed by atoms with Crippen LogP contribution in [0.25, 0.3) is 0 Å². The van der Waals surface area contributed by atoms with Gasteiger partial charge in [0.1, 0.15) is 6.04 Å². The number of amides is 1. The van der Waals surface area contributed by atoms with Gasteiger partial charge in [-0.25, -0.2) is 4.79 Å². The molecule has 5 heteroatoms. The fourth-order valence-electron chi connectivity index (χ4n) is 1.57. The van der Waals surface area contributed by atoms with Gasteiger partial charge in [-0.05, 0) is 19.8 Å². The molecule has 1 rings (SSSR count). The molecule has 1 amide bonds. The number of hydrogen-bond donors (Lipinski definition) is 2. The number of aliphatic carboxylic acids is 1. The summed E-state index contributed by atoms with van der Waals surface area (Å²) in [6, 6.07) is -0.989. The second-order valence-electron chi connectivity index (χ2n) is 3.43. The quantitative estimate of drug-likeness (QED) is 0.563. The van der Waals surface area contributed by atoms with Gasteiger partial charge < -0.3 is 15.7 Å². The van der Waals surface area contributed by atoms with Crippen molar-refractivity contribution in [3.8, 4) is 0 Å². The topological polar surface area (TPSA) is 85.3 Å². The number of likely N-dealkylation sites (tertiary alicyclic amines) is 1. The maximum Gasteiger partial charge on any atom is 0.326 e. The summed E-state index contributed by atoms with van der Waals surface area (Å²) in [7, 11) is 0. The normalized spacial score (nSPS) is 24.5. The molecular weight excluding hydrogens is 172 g/mol. The van der Waals surface area contributed by atoms with E-state index in [-0.39, 0.29) is 11.9 Å². The van der Waals surface area contributed by atoms with Crippen molar-refractivity contribution in [1.29, 1.82) is 0 Å². The third-order valence-electron chi connectivity index (χ3n) is 2.24. The van der Waals surface area contributed by atoms with Crippen LogP contribution >= 0.6 is 0 Å². The van der Waals surface area contributed by atoms with Crippen LogP contribution in [0.15, 0.2) is 0 Å². The van der Waals surface area contributed by atoms with E-state index in [9.17, 15) is 9.59 Å². The molecular formula is C8H15N2O3+. The van der Waals surface area contributed by atoms with E-state index >= 15 is 0 Å². The van der Waals surface area contributed by atoms with Crippen LogP contribution in [0.2, 0.25) is 0 Å². The lowest BCUT2D eigenvalue weighted by Crippen LogP contribution is -2.67. The van der Waals surface area contributed by atoms with Crippen LogP contribution in [0.5, 0.6) is 0 Å². The summed E-state index contributed by atoms with van der Waals surface area (Å²) in [5.41, 5.74) is 3.59. The highest BCUT2D eigenvalue weighted by molar-refractivity contribution is 5.86. The zero-order valence-electron chi connectivity index (χ0n) is 7.69. The Morgan fingerprint density at radius 2 is 2.23 bits per heavy atom. The third kappa shape index (κ3) is 1.98. The molecule has 1 aliphatic heterocycles. The number of carboxylic acid groups (broad SMARTS) is 1. The van der Waals surface area contributed by atoms with Crippen molar-refractivity contribution < 1.29 is 20.4 Å². The summed E-state index contributed by atoms with van der Waals surface area (Å²) in [6.45, 7) is 2.23. The minimum absolute atomic E-state index is 0.162. The van der Waals surface area contributed by atoms with E-state index in [0.717, 1.165) is 6.42 Å². The molecule has 1 aliphatic rings. The fourth-order valence-corrected chi connectivity index (χ4v) is 1.57. The van der Waals surface area contributed by atoms with Crippen LogP contribution in [0, 0.1) is 0 Å². The Kier molecular flexibility index (Phi) is 2.87. The third-order valence-corrected chi connectivity index (χ3v) is 2.24. The van der Waals surface area contributed by atoms with Gasteiger partial charge in [-0.3, -0.25) is 4.79 Å². The molecule has 5 nitrogen and oxygen atoms in total. The lowest BCUT2D eigenvalue weighted by molar-refractivity contribution is -0.400. The summed E-state index contributed by atoms with van der Waals surface area (Å²) in [6.07, 6.45) is 1.34. The zero-order chi connectivity index (χ0) is 10.0. The van der Waals surface area contributed by atoms with Gasteiger partial charge in [-0.1, -0.05) is 0 Å². The first-order valence-corrected chi connectivity index (χ1v) is 4.40. The van der Waals surface area contributed by atoms with Crippen LogP contribution < -0.4 is 5.73 Å². The molecule has 2 unspecified atom stereocenters. The number of carbonyl (C=O) groups excluding carboxylic acids is 1. The van der Waals surface area contributed by atoms with Gasteiger partial charge >= 0.3 is 5.97 Å². The summed E-state index contributed by atoms with van der Waals surface area (Å²) in [5, 5.41) is 8.80. The Bertz CT molecular complexity index is 227. The first-order valence-electron chi connectivity index (χ1n) is 4.40. The van der Waals surface area contributed by atoms with Crippen LogP contribution in [-0.2, 0) is 9.59 Å². The molecule has 1 heterocycles. The molecule has 13 heavy (non-hydrogen) atoms. The fraction of sp³-hybridized carbons (Fsp3) is 0.750. The smallest absolute Gasteiger partial charge is 0.326 e. The largest absolute Gasteiger partial charge is 0.480 e. The molecule has 0 spiro atoms. The van der Waals surface area contributed by atoms with Gasteiger partial charge in [-0.2, -0.15) is 0 Å². The first kappa shape index (κ1) is 9.98. The lowest BCUT2D eigenvalue weighted by atomic mass is 10.2. The minimum Gasteiger partial charge on any atom is -0.480 e. The van der Waals surface area contributed by atoms with Crippen LogP contribution in [-0.4, -0.2) is 40.5 Å². The Hall–Kier alpha value is -1.10. The highest BCUT2D eigenvalue weighted by Crippen LogP contribution is 2.17. The maximum absolute atomic E-state index is 11.5. The molecule has 0 aliphatic carbocycles. The number of hydrogen-bond acceptors (Lipinski definition) is 2. The van der Waals surface area contributed by atoms with Crippen LogP contribution in [0.3, 0.4) is 0 Å². The molecule has 0 aromatic rings. The summed E-state index contributed by atoms with van der Waals surface area (Å²) in [4.78, 5) is 23.6. The highest BCUT2D eigenvalue weighted by Gasteiger charge is 2.35. The molecule has 0 aromatic heterocycles. The van der Waals surface area contributed by atoms with Crippen molar-refractivity contribution in [2.75, 3.05) is 6.54 Å². The van der Waals surface area contributed by atoms with E-state index in [1.54, 1.807) is 6.92 Å². The molecule has 1 saturated heterocycles. The molecule has 0 aromatic carbocycles. The molecule has 74 valence electrons. The summed E-state index contributed by atoms with van der Waals surface area (Å²) in [5.74, 6) is -1.07. The predicted octanol–water partition coefficient (Wildman–Crippen LogP) is -1.31. The van der Waals surface area contributed by atoms with E-state index in [2.05, 4.69) is 5.73 Å². The van der Waals surface area contributed by atoms with E-state index in [1.807, 2.05) is 0 Å². The van der Waals surface area contributed by atoms with E-state index < -0.39 is 12.0 Å². The monoisotopic (exact) mass is 187 g/mol. The van der Waals surface area contributed by atoms with Gasteiger partial charge in [0.15, 0.2) is 6.04 Å². The highest BCUT2D eigenvalue weighted by atomic mass is 16.4. The molecule has 4 N–H and O–H groups in total. The maximum atomic E-state index is 11.5. The Labute approximate surface area is 76.5 Å². The lowest BCUT2D eigenvalue weighted by Gasteiger charge is -2.21. The number of rotatable bonds is 2. The van der Waals surface area contributed by atoms with E-state index in [1.165, 1.54) is 4.90 Å². The standard InChI is InChI=1S/C8H14N2O3/c1-5(9)7(11)10-4-2-3-6(10)8(12)13/h5-6H,2-4,9H2,1H3,(H,12,13)/p+1. The van der Waals surface area contributed by atoms with Crippen molar-refractivity contribution in [3.05, 3.63) is 0 Å². The number of carbonyl (C=O) groups is 2. The molecule has 1 fully saturated rings. The minimum atomic E-state index is -0.911. The number of nitrogens with zero attached hydrogens (tertiary/aromatic N) is 1. The van der Waals surface area contributed by atoms with Crippen LogP contribution in [0.1, 0.15) is 19.8 Å². The van der Waals surface area contributed by atoms with Gasteiger partial charge in [0, 0.05) is 6.54 Å². The van der Waals surface area contributed by atoms with Crippen molar-refractivity contribution >= 4 is 11.9 Å². The van der Waals surface area contributed by atoms with Crippen molar-refractivity contribution in [1.82, 2.24) is 4.90 Å². The number of quaternary nitrogens is 1. The van der Waals surface area contributed by atoms with E-state index in [0.29, 0.717) is 13.0 Å². The Morgan fingerprint density at radius 1 is 1.62 bits per heavy atom. The van der Waals surface area contributed by atoms with Gasteiger partial charge in [0.25, 0.3) is 5.91 Å². The summed E-state index contributed by atoms with van der Waals surface area (Å²) < 4.78 is 0. The average molecular weight is 187 g/mol. The number of carboxylic acids is 1. The molecule has 2 atom stereocenters. The molecule has 0 saturated carbocycles. The Morgan fingerprint density at radius 3 is 2.69 bits per heavy atom. The average Bonchev–Trinajstić information content (AvgIpc) is 2.50. The SMILES string of the molecule is CC([NH3+])C(=O)N1CCCC1C(=O)O. The van der Waals surface area contributed by atoms with Crippen LogP contribution in [0.4, 0.5) is 0 Å². The van der Waals surface area contributed by atoms with Crippen molar-refractivity contribution in [2.24, 2.45) is 0 Å². The second kappa shape index (κ2) is 3.74.